The number of nitrogens with zero attached hydrogens (tertiary/aromatic N) is 1. The van der Waals surface area contributed by atoms with E-state index in [1.807, 2.05) is 6.92 Å². The Morgan fingerprint density at radius 1 is 1.33 bits per heavy atom. The summed E-state index contributed by atoms with van der Waals surface area (Å²) in [6.45, 7) is 6.99. The van der Waals surface area contributed by atoms with Crippen molar-refractivity contribution in [2.45, 2.75) is 19.8 Å². The number of hydrogen-bond donors (Lipinski definition) is 0. The average Bonchev–Trinajstić information content (AvgIpc) is 2.39. The van der Waals surface area contributed by atoms with Crippen LogP contribution in [0, 0.1) is 5.92 Å². The molecule has 5 nitrogen and oxygen atoms in total. The monoisotopic (exact) mass is 259 g/mol. The largest absolute Gasteiger partial charge is 0.466 e. The van der Waals surface area contributed by atoms with E-state index in [4.69, 9.17) is 14.2 Å². The number of piperidine rings is 1. The van der Waals surface area contributed by atoms with Crippen molar-refractivity contribution in [2.75, 3.05) is 53.2 Å². The van der Waals surface area contributed by atoms with Gasteiger partial charge in [0.2, 0.25) is 0 Å². The smallest absolute Gasteiger partial charge is 0.310 e. The lowest BCUT2D eigenvalue weighted by atomic mass is 9.98. The Labute approximate surface area is 109 Å². The molecule has 1 saturated heterocycles. The predicted molar refractivity (Wildman–Crippen MR) is 68.5 cm³/mol. The van der Waals surface area contributed by atoms with Gasteiger partial charge in [-0.25, -0.2) is 0 Å². The van der Waals surface area contributed by atoms with E-state index in [9.17, 15) is 4.79 Å². The van der Waals surface area contributed by atoms with Gasteiger partial charge in [0, 0.05) is 20.2 Å². The summed E-state index contributed by atoms with van der Waals surface area (Å²) in [7, 11) is 1.66. The maximum Gasteiger partial charge on any atom is 0.310 e. The van der Waals surface area contributed by atoms with Crippen molar-refractivity contribution in [3.8, 4) is 0 Å². The maximum absolute atomic E-state index is 11.7. The van der Waals surface area contributed by atoms with E-state index in [1.165, 1.54) is 0 Å². The predicted octanol–water partition coefficient (Wildman–Crippen LogP) is 0.925. The minimum atomic E-state index is -0.0532. The van der Waals surface area contributed by atoms with Gasteiger partial charge in [-0.3, -0.25) is 4.79 Å². The molecule has 0 aliphatic carbocycles. The van der Waals surface area contributed by atoms with Crippen LogP contribution in [0.25, 0.3) is 0 Å². The second-order valence-electron chi connectivity index (χ2n) is 4.50. The first-order chi connectivity index (χ1) is 8.77. The maximum atomic E-state index is 11.7. The van der Waals surface area contributed by atoms with E-state index >= 15 is 0 Å². The Balaban J connectivity index is 2.16. The van der Waals surface area contributed by atoms with Gasteiger partial charge in [-0.05, 0) is 26.3 Å². The third-order valence-electron chi connectivity index (χ3n) is 3.11. The number of carbonyl (C=O) groups is 1. The highest BCUT2D eigenvalue weighted by Crippen LogP contribution is 2.17. The lowest BCUT2D eigenvalue weighted by molar-refractivity contribution is -0.150. The molecule has 0 N–H and O–H groups in total. The molecule has 1 heterocycles. The van der Waals surface area contributed by atoms with E-state index in [-0.39, 0.29) is 11.9 Å². The number of esters is 1. The first-order valence-electron chi connectivity index (χ1n) is 6.73. The third kappa shape index (κ3) is 5.80. The molecule has 0 saturated carbocycles. The number of rotatable bonds is 8. The molecule has 1 aliphatic heterocycles. The Bertz CT molecular complexity index is 235. The number of ether oxygens (including phenoxy) is 3. The molecule has 0 amide bonds. The van der Waals surface area contributed by atoms with Gasteiger partial charge >= 0.3 is 5.97 Å². The minimum Gasteiger partial charge on any atom is -0.466 e. The third-order valence-corrected chi connectivity index (χ3v) is 3.11. The summed E-state index contributed by atoms with van der Waals surface area (Å²) < 4.78 is 15.4. The van der Waals surface area contributed by atoms with E-state index in [0.717, 1.165) is 32.5 Å². The summed E-state index contributed by atoms with van der Waals surface area (Å²) in [5, 5.41) is 0. The van der Waals surface area contributed by atoms with E-state index in [1.54, 1.807) is 7.11 Å². The number of carbonyl (C=O) groups excluding carboxylic acids is 1. The molecule has 5 heteroatoms. The van der Waals surface area contributed by atoms with Crippen molar-refractivity contribution in [3.05, 3.63) is 0 Å². The van der Waals surface area contributed by atoms with Crippen LogP contribution >= 0.6 is 0 Å². The molecule has 1 aliphatic rings. The molecular formula is C13H25NO4. The highest BCUT2D eigenvalue weighted by atomic mass is 16.5. The van der Waals surface area contributed by atoms with Crippen molar-refractivity contribution in [2.24, 2.45) is 5.92 Å². The molecule has 18 heavy (non-hydrogen) atoms. The van der Waals surface area contributed by atoms with Crippen molar-refractivity contribution in [1.82, 2.24) is 4.90 Å². The average molecular weight is 259 g/mol. The van der Waals surface area contributed by atoms with Gasteiger partial charge in [0.05, 0.1) is 32.3 Å². The summed E-state index contributed by atoms with van der Waals surface area (Å²) >= 11 is 0. The highest BCUT2D eigenvalue weighted by Gasteiger charge is 2.26. The fraction of sp³-hybridized carbons (Fsp3) is 0.923. The molecule has 0 unspecified atom stereocenters. The molecule has 0 radical (unpaired) electrons. The van der Waals surface area contributed by atoms with Crippen LogP contribution in [-0.4, -0.2) is 64.0 Å². The van der Waals surface area contributed by atoms with E-state index < -0.39 is 0 Å². The van der Waals surface area contributed by atoms with Crippen LogP contribution in [0.1, 0.15) is 19.8 Å². The van der Waals surface area contributed by atoms with Crippen LogP contribution in [-0.2, 0) is 19.0 Å². The van der Waals surface area contributed by atoms with Crippen LogP contribution in [0.15, 0.2) is 0 Å². The molecule has 0 aromatic carbocycles. The molecule has 1 fully saturated rings. The van der Waals surface area contributed by atoms with Crippen molar-refractivity contribution < 1.29 is 19.0 Å². The van der Waals surface area contributed by atoms with Crippen LogP contribution in [0.2, 0.25) is 0 Å². The second kappa shape index (κ2) is 9.30. The Morgan fingerprint density at radius 2 is 2.17 bits per heavy atom. The zero-order valence-corrected chi connectivity index (χ0v) is 11.5. The summed E-state index contributed by atoms with van der Waals surface area (Å²) in [6.07, 6.45) is 2.00. The summed E-state index contributed by atoms with van der Waals surface area (Å²) in [5.41, 5.74) is 0. The van der Waals surface area contributed by atoms with Gasteiger partial charge in [-0.2, -0.15) is 0 Å². The Hall–Kier alpha value is -0.650. The standard InChI is InChI=1S/C13H25NO4/c1-3-18-13(15)12-5-4-6-14(11-12)7-8-17-10-9-16-2/h12H,3-11H2,1-2H3/t12-/m1/s1. The zero-order chi connectivity index (χ0) is 13.2. The number of hydrogen-bond acceptors (Lipinski definition) is 5. The summed E-state index contributed by atoms with van der Waals surface area (Å²) in [5.74, 6) is -0.0137. The fourth-order valence-corrected chi connectivity index (χ4v) is 2.15. The van der Waals surface area contributed by atoms with Gasteiger partial charge < -0.3 is 19.1 Å². The molecule has 0 aromatic rings. The van der Waals surface area contributed by atoms with Crippen molar-refractivity contribution in [3.63, 3.8) is 0 Å². The van der Waals surface area contributed by atoms with Crippen molar-refractivity contribution >= 4 is 5.97 Å². The van der Waals surface area contributed by atoms with Crippen LogP contribution in [0.3, 0.4) is 0 Å². The summed E-state index contributed by atoms with van der Waals surface area (Å²) in [4.78, 5) is 13.9. The molecule has 1 atom stereocenters. The topological polar surface area (TPSA) is 48.0 Å². The van der Waals surface area contributed by atoms with Crippen LogP contribution in [0.4, 0.5) is 0 Å². The normalized spacial score (nSPS) is 20.9. The van der Waals surface area contributed by atoms with E-state index in [2.05, 4.69) is 4.90 Å². The number of methoxy groups -OCH3 is 1. The SMILES string of the molecule is CCOC(=O)[C@@H]1CCCN(CCOCCOC)C1. The van der Waals surface area contributed by atoms with Crippen LogP contribution < -0.4 is 0 Å². The fourth-order valence-electron chi connectivity index (χ4n) is 2.15. The molecule has 0 aromatic heterocycles. The van der Waals surface area contributed by atoms with Gasteiger partial charge in [-0.1, -0.05) is 0 Å². The van der Waals surface area contributed by atoms with Crippen molar-refractivity contribution in [1.29, 1.82) is 0 Å². The first-order valence-corrected chi connectivity index (χ1v) is 6.73. The minimum absolute atomic E-state index is 0.0395. The Kier molecular flexibility index (Phi) is 7.96. The second-order valence-corrected chi connectivity index (χ2v) is 4.50. The van der Waals surface area contributed by atoms with Gasteiger partial charge in [0.1, 0.15) is 0 Å². The summed E-state index contributed by atoms with van der Waals surface area (Å²) in [6, 6.07) is 0. The molecular weight excluding hydrogens is 234 g/mol. The van der Waals surface area contributed by atoms with Crippen LogP contribution in [0.5, 0.6) is 0 Å². The van der Waals surface area contributed by atoms with E-state index in [0.29, 0.717) is 26.4 Å². The molecule has 1 rings (SSSR count). The highest BCUT2D eigenvalue weighted by molar-refractivity contribution is 5.72. The Morgan fingerprint density at radius 3 is 2.89 bits per heavy atom. The lowest BCUT2D eigenvalue weighted by Gasteiger charge is -2.31. The quantitative estimate of drug-likeness (QED) is 0.479. The van der Waals surface area contributed by atoms with Gasteiger partial charge in [-0.15, -0.1) is 0 Å². The van der Waals surface area contributed by atoms with Gasteiger partial charge in [0.15, 0.2) is 0 Å². The van der Waals surface area contributed by atoms with Gasteiger partial charge in [0.25, 0.3) is 0 Å². The molecule has 0 bridgehead atoms. The zero-order valence-electron chi connectivity index (χ0n) is 11.5. The molecule has 0 spiro atoms. The number of likely N-dealkylation sites (tertiary alicyclic amines) is 1. The molecule has 106 valence electrons. The first kappa shape index (κ1) is 15.4. The lowest BCUT2D eigenvalue weighted by Crippen LogP contribution is -2.41.